The molecule has 0 bridgehead atoms. The van der Waals surface area contributed by atoms with Crippen LogP contribution in [0.4, 0.5) is 5.69 Å². The van der Waals surface area contributed by atoms with Crippen molar-refractivity contribution in [2.24, 2.45) is 0 Å². The summed E-state index contributed by atoms with van der Waals surface area (Å²) in [6.07, 6.45) is 7.07. The van der Waals surface area contributed by atoms with Crippen LogP contribution in [0.25, 0.3) is 0 Å². The van der Waals surface area contributed by atoms with Gasteiger partial charge in [-0.3, -0.25) is 4.79 Å². The molecular weight excluding hydrogens is 296 g/mol. The molecule has 1 aromatic carbocycles. The smallest absolute Gasteiger partial charge is 0.262 e. The Bertz CT molecular complexity index is 671. The predicted octanol–water partition coefficient (Wildman–Crippen LogP) is 3.31. The van der Waals surface area contributed by atoms with Gasteiger partial charge in [0.2, 0.25) is 0 Å². The summed E-state index contributed by atoms with van der Waals surface area (Å²) < 4.78 is 5.57. The van der Waals surface area contributed by atoms with Crippen molar-refractivity contribution < 1.29 is 9.53 Å². The van der Waals surface area contributed by atoms with Crippen LogP contribution in [0.5, 0.6) is 5.75 Å². The number of anilines is 1. The van der Waals surface area contributed by atoms with Crippen LogP contribution in [0.1, 0.15) is 17.5 Å². The third kappa shape index (κ3) is 3.60. The molecule has 1 heterocycles. The van der Waals surface area contributed by atoms with Crippen LogP contribution in [0.15, 0.2) is 41.6 Å². The molecule has 1 aliphatic carbocycles. The van der Waals surface area contributed by atoms with E-state index >= 15 is 0 Å². The number of ether oxygens (including phenoxy) is 1. The number of fused-ring (bicyclic) bond motifs is 1. The zero-order valence-corrected chi connectivity index (χ0v) is 13.3. The van der Waals surface area contributed by atoms with Crippen LogP contribution in [0, 0.1) is 0 Å². The quantitative estimate of drug-likeness (QED) is 0.860. The molecule has 1 N–H and O–H groups in total. The van der Waals surface area contributed by atoms with Crippen LogP contribution in [-0.2, 0) is 17.6 Å². The first-order valence-electron chi connectivity index (χ1n) is 7.29. The minimum Gasteiger partial charge on any atom is -0.484 e. The minimum absolute atomic E-state index is 0.00304. The van der Waals surface area contributed by atoms with Crippen LogP contribution >= 0.6 is 11.8 Å². The van der Waals surface area contributed by atoms with Crippen molar-refractivity contribution in [3.8, 4) is 5.75 Å². The number of carbonyl (C=O) groups excluding carboxylic acids is 1. The molecule has 0 unspecified atom stereocenters. The number of hydrogen-bond acceptors (Lipinski definition) is 4. The fourth-order valence-electron chi connectivity index (χ4n) is 2.56. The van der Waals surface area contributed by atoms with Crippen LogP contribution in [0.2, 0.25) is 0 Å². The van der Waals surface area contributed by atoms with E-state index in [0.29, 0.717) is 5.69 Å². The SMILES string of the molecule is CSc1ccc(NC(=O)COc2ccc3c(c2)CCC3)cn1. The zero-order valence-electron chi connectivity index (χ0n) is 12.5. The predicted molar refractivity (Wildman–Crippen MR) is 88.6 cm³/mol. The van der Waals surface area contributed by atoms with Crippen molar-refractivity contribution in [3.63, 3.8) is 0 Å². The minimum atomic E-state index is -0.181. The summed E-state index contributed by atoms with van der Waals surface area (Å²) in [5.41, 5.74) is 3.42. The Hall–Kier alpha value is -2.01. The van der Waals surface area contributed by atoms with E-state index in [-0.39, 0.29) is 12.5 Å². The number of nitrogens with one attached hydrogen (secondary N) is 1. The second kappa shape index (κ2) is 6.83. The summed E-state index contributed by atoms with van der Waals surface area (Å²) >= 11 is 1.57. The van der Waals surface area contributed by atoms with Gasteiger partial charge in [0.1, 0.15) is 5.75 Å². The van der Waals surface area contributed by atoms with Crippen LogP contribution in [-0.4, -0.2) is 23.8 Å². The molecule has 0 saturated carbocycles. The molecule has 3 rings (SSSR count). The molecule has 0 fully saturated rings. The zero-order chi connectivity index (χ0) is 15.4. The molecule has 0 atom stereocenters. The molecule has 1 aliphatic rings. The second-order valence-electron chi connectivity index (χ2n) is 5.21. The molecule has 0 aliphatic heterocycles. The molecular formula is C17H18N2O2S. The van der Waals surface area contributed by atoms with Gasteiger partial charge in [-0.25, -0.2) is 4.98 Å². The molecule has 1 aromatic heterocycles. The van der Waals surface area contributed by atoms with Gasteiger partial charge in [0.05, 0.1) is 16.9 Å². The number of carbonyl (C=O) groups is 1. The van der Waals surface area contributed by atoms with E-state index in [1.807, 2.05) is 30.5 Å². The molecule has 22 heavy (non-hydrogen) atoms. The maximum absolute atomic E-state index is 11.9. The standard InChI is InChI=1S/C17H18N2O2S/c1-22-17-8-6-14(10-18-17)19-16(20)11-21-15-7-5-12-3-2-4-13(12)9-15/h5-10H,2-4,11H2,1H3,(H,19,20). The van der Waals surface area contributed by atoms with Gasteiger partial charge in [-0.2, -0.15) is 0 Å². The number of nitrogens with zero attached hydrogens (tertiary/aromatic N) is 1. The lowest BCUT2D eigenvalue weighted by atomic mass is 10.1. The number of pyridine rings is 1. The average molecular weight is 314 g/mol. The first-order chi connectivity index (χ1) is 10.7. The van der Waals surface area contributed by atoms with E-state index in [1.165, 1.54) is 17.5 Å². The van der Waals surface area contributed by atoms with Gasteiger partial charge < -0.3 is 10.1 Å². The Balaban J connectivity index is 1.53. The third-order valence-electron chi connectivity index (χ3n) is 3.67. The van der Waals surface area contributed by atoms with Crippen molar-refractivity contribution in [1.82, 2.24) is 4.98 Å². The number of rotatable bonds is 5. The Morgan fingerprint density at radius 2 is 2.14 bits per heavy atom. The fraction of sp³-hybridized carbons (Fsp3) is 0.294. The van der Waals surface area contributed by atoms with E-state index in [1.54, 1.807) is 18.0 Å². The summed E-state index contributed by atoms with van der Waals surface area (Å²) in [6, 6.07) is 9.80. The fourth-order valence-corrected chi connectivity index (χ4v) is 2.92. The normalized spacial score (nSPS) is 12.8. The Labute approximate surface area is 134 Å². The average Bonchev–Trinajstić information content (AvgIpc) is 3.01. The molecule has 4 nitrogen and oxygen atoms in total. The van der Waals surface area contributed by atoms with Gasteiger partial charge in [-0.1, -0.05) is 6.07 Å². The van der Waals surface area contributed by atoms with Crippen molar-refractivity contribution in [1.29, 1.82) is 0 Å². The van der Waals surface area contributed by atoms with Crippen molar-refractivity contribution in [3.05, 3.63) is 47.7 Å². The summed E-state index contributed by atoms with van der Waals surface area (Å²) in [6.45, 7) is 0.00304. The first kappa shape index (κ1) is 14.9. The highest BCUT2D eigenvalue weighted by atomic mass is 32.2. The van der Waals surface area contributed by atoms with Crippen molar-refractivity contribution >= 4 is 23.4 Å². The van der Waals surface area contributed by atoms with Gasteiger partial charge >= 0.3 is 0 Å². The number of thioether (sulfide) groups is 1. The van der Waals surface area contributed by atoms with E-state index in [2.05, 4.69) is 16.4 Å². The molecule has 2 aromatic rings. The van der Waals surface area contributed by atoms with Gasteiger partial charge in [0, 0.05) is 0 Å². The summed E-state index contributed by atoms with van der Waals surface area (Å²) in [5.74, 6) is 0.575. The monoisotopic (exact) mass is 314 g/mol. The third-order valence-corrected chi connectivity index (χ3v) is 4.33. The molecule has 0 spiro atoms. The second-order valence-corrected chi connectivity index (χ2v) is 6.04. The van der Waals surface area contributed by atoms with Gasteiger partial charge in [-0.15, -0.1) is 11.8 Å². The van der Waals surface area contributed by atoms with Crippen LogP contribution < -0.4 is 10.1 Å². The van der Waals surface area contributed by atoms with Gasteiger partial charge in [-0.05, 0) is 60.9 Å². The summed E-state index contributed by atoms with van der Waals surface area (Å²) in [7, 11) is 0. The maximum atomic E-state index is 11.9. The lowest BCUT2D eigenvalue weighted by molar-refractivity contribution is -0.118. The first-order valence-corrected chi connectivity index (χ1v) is 8.51. The summed E-state index contributed by atoms with van der Waals surface area (Å²) in [5, 5.41) is 3.70. The molecule has 5 heteroatoms. The number of hydrogen-bond donors (Lipinski definition) is 1. The Morgan fingerprint density at radius 1 is 1.27 bits per heavy atom. The topological polar surface area (TPSA) is 51.2 Å². The largest absolute Gasteiger partial charge is 0.484 e. The van der Waals surface area contributed by atoms with Crippen molar-refractivity contribution in [2.75, 3.05) is 18.2 Å². The maximum Gasteiger partial charge on any atom is 0.262 e. The highest BCUT2D eigenvalue weighted by Gasteiger charge is 2.12. The number of benzene rings is 1. The van der Waals surface area contributed by atoms with E-state index in [9.17, 15) is 4.79 Å². The molecule has 1 amide bonds. The Morgan fingerprint density at radius 3 is 2.91 bits per heavy atom. The van der Waals surface area contributed by atoms with Crippen molar-refractivity contribution in [2.45, 2.75) is 24.3 Å². The lowest BCUT2D eigenvalue weighted by Crippen LogP contribution is -2.20. The number of aryl methyl sites for hydroxylation is 2. The molecule has 0 saturated heterocycles. The van der Waals surface area contributed by atoms with E-state index in [4.69, 9.17) is 4.74 Å². The van der Waals surface area contributed by atoms with Crippen LogP contribution in [0.3, 0.4) is 0 Å². The van der Waals surface area contributed by atoms with Gasteiger partial charge in [0.15, 0.2) is 6.61 Å². The summed E-state index contributed by atoms with van der Waals surface area (Å²) in [4.78, 5) is 16.1. The number of aromatic nitrogens is 1. The highest BCUT2D eigenvalue weighted by Crippen LogP contribution is 2.26. The Kier molecular flexibility index (Phi) is 4.63. The molecule has 114 valence electrons. The highest BCUT2D eigenvalue weighted by molar-refractivity contribution is 7.98. The van der Waals surface area contributed by atoms with E-state index < -0.39 is 0 Å². The van der Waals surface area contributed by atoms with E-state index in [0.717, 1.165) is 23.6 Å². The lowest BCUT2D eigenvalue weighted by Gasteiger charge is -2.09. The van der Waals surface area contributed by atoms with Gasteiger partial charge in [0.25, 0.3) is 5.91 Å². The number of amides is 1. The molecule has 0 radical (unpaired) electrons.